The summed E-state index contributed by atoms with van der Waals surface area (Å²) in [6, 6.07) is 9.75. The molecule has 0 radical (unpaired) electrons. The molecule has 0 spiro atoms. The second kappa shape index (κ2) is 6.59. The topological polar surface area (TPSA) is 12.0 Å². The lowest BCUT2D eigenvalue weighted by molar-refractivity contribution is 0.582. The molecule has 21 heavy (non-hydrogen) atoms. The predicted octanol–water partition coefficient (Wildman–Crippen LogP) is 4.91. The largest absolute Gasteiger partial charge is 0.313 e. The Labute approximate surface area is 131 Å². The first-order valence-corrected chi connectivity index (χ1v) is 7.49. The predicted molar refractivity (Wildman–Crippen MR) is 87.6 cm³/mol. The summed E-state index contributed by atoms with van der Waals surface area (Å²) in [4.78, 5) is 0. The number of likely N-dealkylation sites (N-methyl/N-ethyl adjacent to an activating group) is 1. The molecule has 0 aliphatic rings. The molecular weight excluding hydrogens is 285 g/mol. The molecule has 0 saturated heterocycles. The van der Waals surface area contributed by atoms with Crippen LogP contribution in [-0.2, 0) is 6.42 Å². The lowest BCUT2D eigenvalue weighted by atomic mass is 9.94. The van der Waals surface area contributed by atoms with Crippen molar-refractivity contribution in [2.75, 3.05) is 7.05 Å². The van der Waals surface area contributed by atoms with Gasteiger partial charge >= 0.3 is 0 Å². The minimum Gasteiger partial charge on any atom is -0.313 e. The molecule has 1 unspecified atom stereocenters. The number of halogens is 2. The zero-order valence-corrected chi connectivity index (χ0v) is 13.7. The van der Waals surface area contributed by atoms with E-state index in [1.165, 1.54) is 22.8 Å². The molecule has 2 rings (SSSR count). The monoisotopic (exact) mass is 305 g/mol. The fourth-order valence-electron chi connectivity index (χ4n) is 2.55. The molecule has 0 aliphatic heterocycles. The van der Waals surface area contributed by atoms with Crippen LogP contribution in [0.4, 0.5) is 4.39 Å². The zero-order valence-electron chi connectivity index (χ0n) is 12.9. The number of nitrogens with one attached hydrogen (secondary N) is 1. The molecule has 0 saturated carbocycles. The summed E-state index contributed by atoms with van der Waals surface area (Å²) in [6.45, 7) is 5.96. The van der Waals surface area contributed by atoms with Gasteiger partial charge in [-0.3, -0.25) is 0 Å². The lowest BCUT2D eigenvalue weighted by Crippen LogP contribution is -2.20. The van der Waals surface area contributed by atoms with Crippen molar-refractivity contribution in [2.45, 2.75) is 33.2 Å². The van der Waals surface area contributed by atoms with E-state index in [-0.39, 0.29) is 11.9 Å². The Hall–Kier alpha value is -1.38. The van der Waals surface area contributed by atoms with E-state index in [0.29, 0.717) is 10.6 Å². The van der Waals surface area contributed by atoms with Gasteiger partial charge in [-0.1, -0.05) is 41.4 Å². The van der Waals surface area contributed by atoms with Crippen LogP contribution in [0, 0.1) is 26.6 Å². The van der Waals surface area contributed by atoms with Crippen LogP contribution in [0.2, 0.25) is 5.02 Å². The summed E-state index contributed by atoms with van der Waals surface area (Å²) in [5.74, 6) is -0.259. The summed E-state index contributed by atoms with van der Waals surface area (Å²) in [7, 11) is 1.91. The smallest absolute Gasteiger partial charge is 0.127 e. The van der Waals surface area contributed by atoms with E-state index in [0.717, 1.165) is 12.0 Å². The second-order valence-electron chi connectivity index (χ2n) is 5.60. The van der Waals surface area contributed by atoms with Gasteiger partial charge in [-0.05, 0) is 62.6 Å². The molecule has 1 nitrogen and oxygen atoms in total. The number of rotatable bonds is 4. The molecule has 0 fully saturated rings. The Morgan fingerprint density at radius 3 is 2.48 bits per heavy atom. The fourth-order valence-corrected chi connectivity index (χ4v) is 2.84. The highest BCUT2D eigenvalue weighted by Gasteiger charge is 2.16. The highest BCUT2D eigenvalue weighted by molar-refractivity contribution is 6.31. The molecule has 112 valence electrons. The first-order valence-electron chi connectivity index (χ1n) is 7.11. The van der Waals surface area contributed by atoms with Crippen LogP contribution in [-0.4, -0.2) is 7.05 Å². The van der Waals surface area contributed by atoms with Crippen molar-refractivity contribution >= 4 is 11.6 Å². The van der Waals surface area contributed by atoms with E-state index in [9.17, 15) is 4.39 Å². The van der Waals surface area contributed by atoms with Gasteiger partial charge in [-0.25, -0.2) is 4.39 Å². The normalized spacial score (nSPS) is 12.5. The SMILES string of the molecule is CNC(Cc1cc(C)ccc1C)c1cc(C)c(F)cc1Cl. The Kier molecular flexibility index (Phi) is 5.02. The first kappa shape index (κ1) is 16.0. The van der Waals surface area contributed by atoms with Crippen LogP contribution < -0.4 is 5.32 Å². The van der Waals surface area contributed by atoms with Crippen LogP contribution in [0.25, 0.3) is 0 Å². The van der Waals surface area contributed by atoms with Crippen molar-refractivity contribution in [1.29, 1.82) is 0 Å². The molecule has 1 N–H and O–H groups in total. The quantitative estimate of drug-likeness (QED) is 0.846. The average molecular weight is 306 g/mol. The van der Waals surface area contributed by atoms with Gasteiger partial charge in [0.1, 0.15) is 5.82 Å². The maximum atomic E-state index is 13.6. The van der Waals surface area contributed by atoms with Crippen molar-refractivity contribution in [1.82, 2.24) is 5.32 Å². The van der Waals surface area contributed by atoms with Crippen molar-refractivity contribution in [3.05, 3.63) is 69.0 Å². The number of aryl methyl sites for hydroxylation is 3. The number of hydrogen-bond acceptors (Lipinski definition) is 1. The molecule has 3 heteroatoms. The second-order valence-corrected chi connectivity index (χ2v) is 6.01. The summed E-state index contributed by atoms with van der Waals surface area (Å²) in [5, 5.41) is 3.77. The summed E-state index contributed by atoms with van der Waals surface area (Å²) < 4.78 is 13.6. The van der Waals surface area contributed by atoms with Gasteiger partial charge in [0.05, 0.1) is 0 Å². The lowest BCUT2D eigenvalue weighted by Gasteiger charge is -2.20. The van der Waals surface area contributed by atoms with E-state index >= 15 is 0 Å². The number of benzene rings is 2. The molecule has 0 aliphatic carbocycles. The molecule has 0 amide bonds. The van der Waals surface area contributed by atoms with Crippen molar-refractivity contribution in [2.24, 2.45) is 0 Å². The Morgan fingerprint density at radius 1 is 1.10 bits per heavy atom. The molecule has 0 aromatic heterocycles. The summed E-state index contributed by atoms with van der Waals surface area (Å²) >= 11 is 6.23. The number of hydrogen-bond donors (Lipinski definition) is 1. The van der Waals surface area contributed by atoms with Gasteiger partial charge in [-0.2, -0.15) is 0 Å². The van der Waals surface area contributed by atoms with Crippen LogP contribution >= 0.6 is 11.6 Å². The van der Waals surface area contributed by atoms with E-state index < -0.39 is 0 Å². The van der Waals surface area contributed by atoms with Gasteiger partial charge < -0.3 is 5.32 Å². The molecule has 0 heterocycles. The Balaban J connectivity index is 2.36. The third-order valence-corrected chi connectivity index (χ3v) is 4.26. The first-order chi connectivity index (χ1) is 9.92. The molecule has 2 aromatic carbocycles. The van der Waals surface area contributed by atoms with Gasteiger partial charge in [0.2, 0.25) is 0 Å². The van der Waals surface area contributed by atoms with E-state index in [2.05, 4.69) is 37.4 Å². The molecule has 2 aromatic rings. The van der Waals surface area contributed by atoms with Crippen LogP contribution in [0.3, 0.4) is 0 Å². The maximum absolute atomic E-state index is 13.6. The van der Waals surface area contributed by atoms with Crippen LogP contribution in [0.5, 0.6) is 0 Å². The Morgan fingerprint density at radius 2 is 1.81 bits per heavy atom. The zero-order chi connectivity index (χ0) is 15.6. The van der Waals surface area contributed by atoms with Gasteiger partial charge in [0.25, 0.3) is 0 Å². The fraction of sp³-hybridized carbons (Fsp3) is 0.333. The Bertz CT molecular complexity index is 652. The van der Waals surface area contributed by atoms with Crippen molar-refractivity contribution in [3.63, 3.8) is 0 Å². The summed E-state index contributed by atoms with van der Waals surface area (Å²) in [5.41, 5.74) is 5.35. The summed E-state index contributed by atoms with van der Waals surface area (Å²) in [6.07, 6.45) is 0.828. The van der Waals surface area contributed by atoms with E-state index in [1.807, 2.05) is 13.1 Å². The van der Waals surface area contributed by atoms with E-state index in [4.69, 9.17) is 11.6 Å². The molecule has 1 atom stereocenters. The van der Waals surface area contributed by atoms with Crippen LogP contribution in [0.1, 0.15) is 33.9 Å². The van der Waals surface area contributed by atoms with Gasteiger partial charge in [0, 0.05) is 11.1 Å². The highest BCUT2D eigenvalue weighted by atomic mass is 35.5. The molecule has 0 bridgehead atoms. The standard InChI is InChI=1S/C18H21ClFN/c1-11-5-6-12(2)14(7-11)9-18(21-4)15-8-13(3)17(20)10-16(15)19/h5-8,10,18,21H,9H2,1-4H3. The highest BCUT2D eigenvalue weighted by Crippen LogP contribution is 2.29. The van der Waals surface area contributed by atoms with Gasteiger partial charge in [0.15, 0.2) is 0 Å². The van der Waals surface area contributed by atoms with E-state index in [1.54, 1.807) is 6.92 Å². The minimum absolute atomic E-state index is 0.0669. The minimum atomic E-state index is -0.259. The van der Waals surface area contributed by atoms with Gasteiger partial charge in [-0.15, -0.1) is 0 Å². The van der Waals surface area contributed by atoms with Crippen molar-refractivity contribution < 1.29 is 4.39 Å². The third-order valence-electron chi connectivity index (χ3n) is 3.93. The maximum Gasteiger partial charge on any atom is 0.127 e. The third kappa shape index (κ3) is 3.63. The molecular formula is C18H21ClFN. The van der Waals surface area contributed by atoms with Crippen molar-refractivity contribution in [3.8, 4) is 0 Å². The average Bonchev–Trinajstić information content (AvgIpc) is 2.44. The van der Waals surface area contributed by atoms with Crippen LogP contribution in [0.15, 0.2) is 30.3 Å².